The van der Waals surface area contributed by atoms with Crippen molar-refractivity contribution in [1.29, 1.82) is 0 Å². The molecule has 0 spiro atoms. The predicted molar refractivity (Wildman–Crippen MR) is 55.2 cm³/mol. The Bertz CT molecular complexity index is 277. The van der Waals surface area contributed by atoms with Gasteiger partial charge >= 0.3 is 5.97 Å². The zero-order chi connectivity index (χ0) is 11.7. The van der Waals surface area contributed by atoms with Crippen LogP contribution in [0.4, 0.5) is 0 Å². The number of nitrogens with two attached hydrogens (primary N) is 1. The largest absolute Gasteiger partial charge is 0.480 e. The second kappa shape index (κ2) is 3.81. The Morgan fingerprint density at radius 1 is 1.47 bits per heavy atom. The third-order valence-electron chi connectivity index (χ3n) is 2.61. The molecule has 0 bridgehead atoms. The number of carbonyl (C=O) groups is 2. The van der Waals surface area contributed by atoms with Crippen molar-refractivity contribution in [2.75, 3.05) is 0 Å². The quantitative estimate of drug-likeness (QED) is 0.625. The van der Waals surface area contributed by atoms with E-state index in [1.807, 2.05) is 0 Å². The fourth-order valence-electron chi connectivity index (χ4n) is 1.65. The van der Waals surface area contributed by atoms with Gasteiger partial charge < -0.3 is 16.2 Å². The smallest absolute Gasteiger partial charge is 0.329 e. The first-order valence-electron chi connectivity index (χ1n) is 5.08. The molecule has 1 fully saturated rings. The first-order valence-corrected chi connectivity index (χ1v) is 5.08. The number of hydrogen-bond acceptors (Lipinski definition) is 3. The first kappa shape index (κ1) is 12.0. The van der Waals surface area contributed by atoms with Gasteiger partial charge in [-0.05, 0) is 33.1 Å². The van der Waals surface area contributed by atoms with E-state index in [0.717, 1.165) is 6.42 Å². The summed E-state index contributed by atoms with van der Waals surface area (Å²) in [6.45, 7) is 3.47. The van der Waals surface area contributed by atoms with E-state index < -0.39 is 17.0 Å². The van der Waals surface area contributed by atoms with Crippen LogP contribution in [0, 0.1) is 0 Å². The van der Waals surface area contributed by atoms with Gasteiger partial charge in [0.15, 0.2) is 0 Å². The Hall–Kier alpha value is -1.10. The molecule has 1 rings (SSSR count). The van der Waals surface area contributed by atoms with Gasteiger partial charge in [0, 0.05) is 12.0 Å². The highest BCUT2D eigenvalue weighted by Crippen LogP contribution is 2.32. The van der Waals surface area contributed by atoms with Crippen molar-refractivity contribution in [2.24, 2.45) is 5.73 Å². The maximum Gasteiger partial charge on any atom is 0.329 e. The van der Waals surface area contributed by atoms with Crippen LogP contribution >= 0.6 is 0 Å². The molecule has 0 aliphatic heterocycles. The molecule has 0 atom stereocenters. The number of carbonyl (C=O) groups excluding carboxylic acids is 1. The van der Waals surface area contributed by atoms with Gasteiger partial charge in [-0.1, -0.05) is 0 Å². The van der Waals surface area contributed by atoms with Crippen LogP contribution in [0.1, 0.15) is 39.5 Å². The van der Waals surface area contributed by atoms with Crippen LogP contribution < -0.4 is 11.1 Å². The summed E-state index contributed by atoms with van der Waals surface area (Å²) < 4.78 is 0. The highest BCUT2D eigenvalue weighted by atomic mass is 16.4. The van der Waals surface area contributed by atoms with E-state index >= 15 is 0 Å². The van der Waals surface area contributed by atoms with E-state index in [2.05, 4.69) is 5.32 Å². The number of carboxylic acids is 1. The third-order valence-corrected chi connectivity index (χ3v) is 2.61. The molecule has 0 aromatic rings. The lowest BCUT2D eigenvalue weighted by atomic mass is 9.76. The summed E-state index contributed by atoms with van der Waals surface area (Å²) >= 11 is 0. The normalized spacial score (nSPS) is 19.1. The van der Waals surface area contributed by atoms with E-state index in [1.165, 1.54) is 0 Å². The number of rotatable bonds is 4. The minimum absolute atomic E-state index is 0.141. The topological polar surface area (TPSA) is 92.4 Å². The van der Waals surface area contributed by atoms with Crippen LogP contribution in [0.3, 0.4) is 0 Å². The standard InChI is InChI=1S/C10H18N2O3/c1-9(2,11)6-7(13)12-10(8(14)15)4-3-5-10/h3-6,11H2,1-2H3,(H,12,13)(H,14,15). The molecule has 0 aromatic carbocycles. The average molecular weight is 214 g/mol. The van der Waals surface area contributed by atoms with E-state index in [0.29, 0.717) is 12.8 Å². The molecule has 0 aromatic heterocycles. The molecule has 5 nitrogen and oxygen atoms in total. The number of hydrogen-bond donors (Lipinski definition) is 3. The lowest BCUT2D eigenvalue weighted by Gasteiger charge is -2.38. The highest BCUT2D eigenvalue weighted by molar-refractivity contribution is 5.88. The van der Waals surface area contributed by atoms with Crippen molar-refractivity contribution in [2.45, 2.75) is 50.6 Å². The summed E-state index contributed by atoms with van der Waals surface area (Å²) in [5, 5.41) is 11.6. The predicted octanol–water partition coefficient (Wildman–Crippen LogP) is 0.237. The highest BCUT2D eigenvalue weighted by Gasteiger charge is 2.45. The fourth-order valence-corrected chi connectivity index (χ4v) is 1.65. The van der Waals surface area contributed by atoms with Crippen LogP contribution in [-0.4, -0.2) is 28.1 Å². The van der Waals surface area contributed by atoms with Crippen molar-refractivity contribution in [3.05, 3.63) is 0 Å². The molecule has 86 valence electrons. The minimum atomic E-state index is -1.03. The molecule has 1 aliphatic rings. The maximum absolute atomic E-state index is 11.5. The molecule has 0 saturated heterocycles. The van der Waals surface area contributed by atoms with Gasteiger partial charge in [0.05, 0.1) is 0 Å². The second-order valence-electron chi connectivity index (χ2n) is 4.95. The Morgan fingerprint density at radius 2 is 2.00 bits per heavy atom. The van der Waals surface area contributed by atoms with E-state index in [9.17, 15) is 9.59 Å². The van der Waals surface area contributed by atoms with E-state index in [1.54, 1.807) is 13.8 Å². The molecule has 4 N–H and O–H groups in total. The molecule has 1 saturated carbocycles. The summed E-state index contributed by atoms with van der Waals surface area (Å²) in [5.41, 5.74) is 4.05. The summed E-state index contributed by atoms with van der Waals surface area (Å²) in [7, 11) is 0. The molecule has 0 radical (unpaired) electrons. The van der Waals surface area contributed by atoms with Crippen LogP contribution in [0.2, 0.25) is 0 Å². The molecule has 1 aliphatic carbocycles. The lowest BCUT2D eigenvalue weighted by Crippen LogP contribution is -2.60. The van der Waals surface area contributed by atoms with Crippen molar-refractivity contribution < 1.29 is 14.7 Å². The lowest BCUT2D eigenvalue weighted by molar-refractivity contribution is -0.152. The number of carboxylic acid groups (broad SMARTS) is 1. The number of amides is 1. The summed E-state index contributed by atoms with van der Waals surface area (Å²) in [4.78, 5) is 22.5. The summed E-state index contributed by atoms with van der Waals surface area (Å²) in [6.07, 6.45) is 2.01. The third kappa shape index (κ3) is 2.92. The van der Waals surface area contributed by atoms with Crippen molar-refractivity contribution in [3.63, 3.8) is 0 Å². The monoisotopic (exact) mass is 214 g/mol. The van der Waals surface area contributed by atoms with Gasteiger partial charge in [0.25, 0.3) is 0 Å². The SMILES string of the molecule is CC(C)(N)CC(=O)NC1(C(=O)O)CCC1. The van der Waals surface area contributed by atoms with Gasteiger partial charge in [-0.15, -0.1) is 0 Å². The summed E-state index contributed by atoms with van der Waals surface area (Å²) in [6, 6.07) is 0. The van der Waals surface area contributed by atoms with Gasteiger partial charge in [-0.25, -0.2) is 4.79 Å². The van der Waals surface area contributed by atoms with Crippen LogP contribution in [0.5, 0.6) is 0 Å². The van der Waals surface area contributed by atoms with Gasteiger partial charge in [0.1, 0.15) is 5.54 Å². The Morgan fingerprint density at radius 3 is 2.27 bits per heavy atom. The average Bonchev–Trinajstić information content (AvgIpc) is 1.92. The van der Waals surface area contributed by atoms with E-state index in [-0.39, 0.29) is 12.3 Å². The van der Waals surface area contributed by atoms with Crippen molar-refractivity contribution in [1.82, 2.24) is 5.32 Å². The van der Waals surface area contributed by atoms with Crippen molar-refractivity contribution in [3.8, 4) is 0 Å². The number of nitrogens with one attached hydrogen (secondary N) is 1. The molecule has 0 unspecified atom stereocenters. The second-order valence-corrected chi connectivity index (χ2v) is 4.95. The van der Waals surface area contributed by atoms with Crippen molar-refractivity contribution >= 4 is 11.9 Å². The minimum Gasteiger partial charge on any atom is -0.480 e. The summed E-state index contributed by atoms with van der Waals surface area (Å²) in [5.74, 6) is -1.23. The van der Waals surface area contributed by atoms with Gasteiger partial charge in [0.2, 0.25) is 5.91 Å². The first-order chi connectivity index (χ1) is 6.75. The Labute approximate surface area is 89.0 Å². The molecule has 1 amide bonds. The van der Waals surface area contributed by atoms with E-state index in [4.69, 9.17) is 10.8 Å². The zero-order valence-electron chi connectivity index (χ0n) is 9.17. The Balaban J connectivity index is 2.54. The molecule has 5 heteroatoms. The molecular formula is C10H18N2O3. The number of aliphatic carboxylic acids is 1. The van der Waals surface area contributed by atoms with Crippen LogP contribution in [-0.2, 0) is 9.59 Å². The van der Waals surface area contributed by atoms with Crippen LogP contribution in [0.15, 0.2) is 0 Å². The van der Waals surface area contributed by atoms with Gasteiger partial charge in [-0.3, -0.25) is 4.79 Å². The fraction of sp³-hybridized carbons (Fsp3) is 0.800. The zero-order valence-corrected chi connectivity index (χ0v) is 9.17. The molecular weight excluding hydrogens is 196 g/mol. The Kier molecular flexibility index (Phi) is 3.04. The maximum atomic E-state index is 11.5. The molecule has 15 heavy (non-hydrogen) atoms. The van der Waals surface area contributed by atoms with Crippen LogP contribution in [0.25, 0.3) is 0 Å². The molecule has 0 heterocycles. The van der Waals surface area contributed by atoms with Gasteiger partial charge in [-0.2, -0.15) is 0 Å².